The Morgan fingerprint density at radius 2 is 1.94 bits per heavy atom. The zero-order valence-corrected chi connectivity index (χ0v) is 9.74. The minimum Gasteiger partial charge on any atom is -0.336 e. The van der Waals surface area contributed by atoms with Crippen molar-refractivity contribution in [3.8, 4) is 0 Å². The predicted molar refractivity (Wildman–Crippen MR) is 59.6 cm³/mol. The van der Waals surface area contributed by atoms with Gasteiger partial charge in [-0.25, -0.2) is 0 Å². The minimum atomic E-state index is -0.380. The number of hydrogen-bond donors (Lipinski definition) is 1. The molecule has 0 aromatic rings. The van der Waals surface area contributed by atoms with Gasteiger partial charge < -0.3 is 15.5 Å². The van der Waals surface area contributed by atoms with Crippen LogP contribution in [0.5, 0.6) is 0 Å². The SMILES string of the molecule is CN1CCN(CC2(CCN)CC2)C(=O)C1=O. The van der Waals surface area contributed by atoms with Gasteiger partial charge in [-0.15, -0.1) is 0 Å². The average Bonchev–Trinajstić information content (AvgIpc) is 3.00. The summed E-state index contributed by atoms with van der Waals surface area (Å²) in [5, 5.41) is 0. The second kappa shape index (κ2) is 4.05. The fraction of sp³-hybridized carbons (Fsp3) is 0.818. The monoisotopic (exact) mass is 225 g/mol. The number of carbonyl (C=O) groups is 2. The van der Waals surface area contributed by atoms with E-state index in [1.165, 1.54) is 4.90 Å². The van der Waals surface area contributed by atoms with E-state index in [0.717, 1.165) is 19.3 Å². The highest BCUT2D eigenvalue weighted by molar-refractivity contribution is 6.35. The molecule has 2 aliphatic rings. The predicted octanol–water partition coefficient (Wildman–Crippen LogP) is -0.584. The van der Waals surface area contributed by atoms with Crippen LogP contribution in [0, 0.1) is 5.41 Å². The Kier molecular flexibility index (Phi) is 2.88. The van der Waals surface area contributed by atoms with Crippen molar-refractivity contribution in [3.05, 3.63) is 0 Å². The molecule has 2 fully saturated rings. The van der Waals surface area contributed by atoms with E-state index in [1.54, 1.807) is 11.9 Å². The smallest absolute Gasteiger partial charge is 0.312 e. The van der Waals surface area contributed by atoms with Gasteiger partial charge in [0.25, 0.3) is 0 Å². The molecule has 0 aromatic heterocycles. The van der Waals surface area contributed by atoms with Crippen LogP contribution in [-0.2, 0) is 9.59 Å². The molecule has 2 N–H and O–H groups in total. The molecule has 5 heteroatoms. The molecule has 0 atom stereocenters. The second-order valence-corrected chi connectivity index (χ2v) is 4.99. The van der Waals surface area contributed by atoms with Crippen LogP contribution in [0.1, 0.15) is 19.3 Å². The quantitative estimate of drug-likeness (QED) is 0.651. The van der Waals surface area contributed by atoms with Gasteiger partial charge in [-0.1, -0.05) is 0 Å². The van der Waals surface area contributed by atoms with Crippen LogP contribution >= 0.6 is 0 Å². The Morgan fingerprint density at radius 3 is 2.50 bits per heavy atom. The van der Waals surface area contributed by atoms with Gasteiger partial charge in [0.15, 0.2) is 0 Å². The van der Waals surface area contributed by atoms with Crippen molar-refractivity contribution in [3.63, 3.8) is 0 Å². The van der Waals surface area contributed by atoms with Crippen molar-refractivity contribution >= 4 is 11.8 Å². The van der Waals surface area contributed by atoms with Gasteiger partial charge in [0.2, 0.25) is 0 Å². The van der Waals surface area contributed by atoms with E-state index in [0.29, 0.717) is 26.2 Å². The van der Waals surface area contributed by atoms with Crippen LogP contribution in [0.4, 0.5) is 0 Å². The van der Waals surface area contributed by atoms with Gasteiger partial charge in [-0.3, -0.25) is 9.59 Å². The lowest BCUT2D eigenvalue weighted by atomic mass is 10.0. The Hall–Kier alpha value is -1.10. The van der Waals surface area contributed by atoms with Crippen molar-refractivity contribution in [1.82, 2.24) is 9.80 Å². The standard InChI is InChI=1S/C11H19N3O2/c1-13-6-7-14(10(16)9(13)15)8-11(2-3-11)4-5-12/h2-8,12H2,1H3. The summed E-state index contributed by atoms with van der Waals surface area (Å²) >= 11 is 0. The molecule has 2 amide bonds. The third-order valence-corrected chi connectivity index (χ3v) is 3.68. The number of nitrogens with two attached hydrogens (primary N) is 1. The van der Waals surface area contributed by atoms with Crippen molar-refractivity contribution in [1.29, 1.82) is 0 Å². The number of nitrogens with zero attached hydrogens (tertiary/aromatic N) is 2. The number of piperazine rings is 1. The van der Waals surface area contributed by atoms with Gasteiger partial charge >= 0.3 is 11.8 Å². The Balaban J connectivity index is 1.95. The maximum atomic E-state index is 11.7. The molecule has 5 nitrogen and oxygen atoms in total. The average molecular weight is 225 g/mol. The van der Waals surface area contributed by atoms with Crippen LogP contribution in [0.2, 0.25) is 0 Å². The minimum absolute atomic E-state index is 0.223. The Bertz CT molecular complexity index is 312. The normalized spacial score (nSPS) is 23.9. The molecule has 1 aliphatic heterocycles. The number of amides is 2. The van der Waals surface area contributed by atoms with Crippen LogP contribution < -0.4 is 5.73 Å². The molecule has 0 spiro atoms. The van der Waals surface area contributed by atoms with Crippen molar-refractivity contribution in [2.24, 2.45) is 11.1 Å². The van der Waals surface area contributed by atoms with E-state index in [4.69, 9.17) is 5.73 Å². The highest BCUT2D eigenvalue weighted by Gasteiger charge is 2.45. The number of hydrogen-bond acceptors (Lipinski definition) is 3. The number of likely N-dealkylation sites (N-methyl/N-ethyl adjacent to an activating group) is 1. The highest BCUT2D eigenvalue weighted by atomic mass is 16.2. The number of rotatable bonds is 4. The van der Waals surface area contributed by atoms with E-state index in [1.807, 2.05) is 0 Å². The summed E-state index contributed by atoms with van der Waals surface area (Å²) in [6.45, 7) is 2.68. The van der Waals surface area contributed by atoms with Crippen molar-refractivity contribution < 1.29 is 9.59 Å². The maximum absolute atomic E-state index is 11.7. The first-order valence-electron chi connectivity index (χ1n) is 5.82. The summed E-state index contributed by atoms with van der Waals surface area (Å²) in [4.78, 5) is 26.4. The third kappa shape index (κ3) is 2.04. The molecule has 1 aliphatic carbocycles. The molecular formula is C11H19N3O2. The second-order valence-electron chi connectivity index (χ2n) is 4.99. The molecule has 16 heavy (non-hydrogen) atoms. The summed E-state index contributed by atoms with van der Waals surface area (Å²) in [6, 6.07) is 0. The first kappa shape index (κ1) is 11.4. The fourth-order valence-electron chi connectivity index (χ4n) is 2.30. The fourth-order valence-corrected chi connectivity index (χ4v) is 2.30. The molecule has 0 bridgehead atoms. The van der Waals surface area contributed by atoms with Crippen molar-refractivity contribution in [2.45, 2.75) is 19.3 Å². The van der Waals surface area contributed by atoms with E-state index in [-0.39, 0.29) is 17.2 Å². The van der Waals surface area contributed by atoms with Gasteiger partial charge in [0.05, 0.1) is 0 Å². The lowest BCUT2D eigenvalue weighted by molar-refractivity contribution is -0.155. The van der Waals surface area contributed by atoms with E-state index in [2.05, 4.69) is 0 Å². The van der Waals surface area contributed by atoms with Gasteiger partial charge in [-0.2, -0.15) is 0 Å². The summed E-state index contributed by atoms with van der Waals surface area (Å²) in [5.41, 5.74) is 5.79. The zero-order valence-electron chi connectivity index (χ0n) is 9.74. The molecule has 0 aromatic carbocycles. The molecule has 2 rings (SSSR count). The zero-order chi connectivity index (χ0) is 11.8. The van der Waals surface area contributed by atoms with E-state index in [9.17, 15) is 9.59 Å². The molecule has 0 unspecified atom stereocenters. The van der Waals surface area contributed by atoms with E-state index < -0.39 is 0 Å². The van der Waals surface area contributed by atoms with Crippen LogP contribution in [0.25, 0.3) is 0 Å². The molecule has 0 radical (unpaired) electrons. The van der Waals surface area contributed by atoms with Crippen LogP contribution in [0.15, 0.2) is 0 Å². The lowest BCUT2D eigenvalue weighted by Crippen LogP contribution is -2.54. The Labute approximate surface area is 95.6 Å². The lowest BCUT2D eigenvalue weighted by Gasteiger charge is -2.34. The first-order valence-corrected chi connectivity index (χ1v) is 5.82. The Morgan fingerprint density at radius 1 is 1.25 bits per heavy atom. The summed E-state index contributed by atoms with van der Waals surface area (Å²) < 4.78 is 0. The van der Waals surface area contributed by atoms with E-state index >= 15 is 0 Å². The summed E-state index contributed by atoms with van der Waals surface area (Å²) in [6.07, 6.45) is 3.23. The van der Waals surface area contributed by atoms with Crippen LogP contribution in [-0.4, -0.2) is 54.8 Å². The molecule has 1 saturated carbocycles. The molecule has 1 heterocycles. The largest absolute Gasteiger partial charge is 0.336 e. The topological polar surface area (TPSA) is 66.6 Å². The van der Waals surface area contributed by atoms with Crippen molar-refractivity contribution in [2.75, 3.05) is 33.2 Å². The molecule has 1 saturated heterocycles. The molecular weight excluding hydrogens is 206 g/mol. The maximum Gasteiger partial charge on any atom is 0.312 e. The van der Waals surface area contributed by atoms with Gasteiger partial charge in [0.1, 0.15) is 0 Å². The van der Waals surface area contributed by atoms with Gasteiger partial charge in [0, 0.05) is 26.7 Å². The summed E-state index contributed by atoms with van der Waals surface area (Å²) in [5.74, 6) is -0.730. The van der Waals surface area contributed by atoms with Gasteiger partial charge in [-0.05, 0) is 31.2 Å². The number of carbonyl (C=O) groups excluding carboxylic acids is 2. The summed E-state index contributed by atoms with van der Waals surface area (Å²) in [7, 11) is 1.67. The molecule has 90 valence electrons. The highest BCUT2D eigenvalue weighted by Crippen LogP contribution is 2.49. The van der Waals surface area contributed by atoms with Crippen LogP contribution in [0.3, 0.4) is 0 Å². The first-order chi connectivity index (χ1) is 7.58. The third-order valence-electron chi connectivity index (χ3n) is 3.68.